The molecule has 0 spiro atoms. The number of anilines is 1. The number of fused-ring (bicyclic) bond motifs is 1. The molecule has 0 bridgehead atoms. The van der Waals surface area contributed by atoms with Gasteiger partial charge in [0.25, 0.3) is 0 Å². The van der Waals surface area contributed by atoms with Crippen LogP contribution in [0.2, 0.25) is 5.02 Å². The average molecular weight is 386 g/mol. The van der Waals surface area contributed by atoms with Gasteiger partial charge >= 0.3 is 0 Å². The average Bonchev–Trinajstić information content (AvgIpc) is 3.15. The summed E-state index contributed by atoms with van der Waals surface area (Å²) in [4.78, 5) is 7.80. The van der Waals surface area contributed by atoms with E-state index in [1.54, 1.807) is 0 Å². The van der Waals surface area contributed by atoms with Gasteiger partial charge in [0.2, 0.25) is 0 Å². The molecule has 1 fully saturated rings. The summed E-state index contributed by atoms with van der Waals surface area (Å²) in [6.45, 7) is 4.66. The molecule has 2 heterocycles. The Balaban J connectivity index is 1.23. The third-order valence-electron chi connectivity index (χ3n) is 5.00. The van der Waals surface area contributed by atoms with Gasteiger partial charge in [-0.3, -0.25) is 4.90 Å². The molecule has 0 aliphatic carbocycles. The van der Waals surface area contributed by atoms with Crippen LogP contribution in [-0.2, 0) is 0 Å². The topological polar surface area (TPSA) is 51.7 Å². The molecule has 1 aliphatic rings. The van der Waals surface area contributed by atoms with Crippen LogP contribution in [-0.4, -0.2) is 60.4 Å². The number of nitrogens with zero attached hydrogens (tertiary/aromatic N) is 2. The number of nitrogens with one attached hydrogen (secondary N) is 1. The molecule has 4 rings (SSSR count). The van der Waals surface area contributed by atoms with E-state index in [2.05, 4.69) is 26.9 Å². The van der Waals surface area contributed by atoms with Crippen molar-refractivity contribution in [3.63, 3.8) is 0 Å². The maximum absolute atomic E-state index is 10.3. The molecule has 1 atom stereocenters. The number of β-amino-alcohol motifs (C(OH)–C–C–N with tert-alkyl or cyclic N) is 1. The number of aliphatic hydroxyl groups excluding tert-OH is 1. The lowest BCUT2D eigenvalue weighted by atomic mass is 10.2. The molecular weight excluding hydrogens is 362 g/mol. The second-order valence-corrected chi connectivity index (χ2v) is 7.39. The van der Waals surface area contributed by atoms with Crippen LogP contribution in [0, 0.1) is 0 Å². The minimum Gasteiger partial charge on any atom is -0.491 e. The summed E-state index contributed by atoms with van der Waals surface area (Å²) < 4.78 is 5.77. The molecule has 5 nitrogen and oxygen atoms in total. The zero-order valence-electron chi connectivity index (χ0n) is 15.1. The van der Waals surface area contributed by atoms with Crippen molar-refractivity contribution in [3.8, 4) is 5.75 Å². The van der Waals surface area contributed by atoms with E-state index in [4.69, 9.17) is 16.3 Å². The van der Waals surface area contributed by atoms with Crippen LogP contribution in [0.15, 0.2) is 54.7 Å². The number of hydrogen-bond donors (Lipinski definition) is 2. The van der Waals surface area contributed by atoms with Crippen LogP contribution in [0.4, 0.5) is 5.69 Å². The number of aromatic nitrogens is 1. The lowest BCUT2D eigenvalue weighted by Gasteiger charge is -2.36. The van der Waals surface area contributed by atoms with Gasteiger partial charge < -0.3 is 19.7 Å². The van der Waals surface area contributed by atoms with Gasteiger partial charge in [0, 0.05) is 60.5 Å². The second kappa shape index (κ2) is 8.21. The summed E-state index contributed by atoms with van der Waals surface area (Å²) in [5, 5.41) is 12.2. The van der Waals surface area contributed by atoms with Crippen LogP contribution in [0.5, 0.6) is 5.75 Å². The number of aromatic amines is 1. The molecule has 27 heavy (non-hydrogen) atoms. The van der Waals surface area contributed by atoms with E-state index in [9.17, 15) is 5.11 Å². The second-order valence-electron chi connectivity index (χ2n) is 6.96. The highest BCUT2D eigenvalue weighted by molar-refractivity contribution is 6.30. The molecule has 0 radical (unpaired) electrons. The Kier molecular flexibility index (Phi) is 5.53. The summed E-state index contributed by atoms with van der Waals surface area (Å²) in [5.74, 6) is 0.786. The molecule has 1 aliphatic heterocycles. The van der Waals surface area contributed by atoms with Crippen molar-refractivity contribution in [2.24, 2.45) is 0 Å². The summed E-state index contributed by atoms with van der Waals surface area (Å²) in [6, 6.07) is 15.9. The van der Waals surface area contributed by atoms with Gasteiger partial charge in [0.15, 0.2) is 0 Å². The molecular formula is C21H24ClN3O2. The quantitative estimate of drug-likeness (QED) is 0.683. The first-order valence-electron chi connectivity index (χ1n) is 9.28. The van der Waals surface area contributed by atoms with Crippen molar-refractivity contribution < 1.29 is 9.84 Å². The smallest absolute Gasteiger partial charge is 0.120 e. The molecule has 1 unspecified atom stereocenters. The molecule has 2 N–H and O–H groups in total. The van der Waals surface area contributed by atoms with Gasteiger partial charge in [-0.15, -0.1) is 0 Å². The van der Waals surface area contributed by atoms with Crippen molar-refractivity contribution in [2.45, 2.75) is 6.10 Å². The molecule has 0 amide bonds. The lowest BCUT2D eigenvalue weighted by molar-refractivity contribution is 0.0663. The SMILES string of the molecule is OC(COc1ccc2[nH]ccc2c1)CN1CCN(c2ccc(Cl)cc2)CC1. The zero-order chi connectivity index (χ0) is 18.6. The summed E-state index contributed by atoms with van der Waals surface area (Å²) in [6.07, 6.45) is 1.40. The molecule has 2 aromatic carbocycles. The van der Waals surface area contributed by atoms with Gasteiger partial charge in [-0.1, -0.05) is 11.6 Å². The van der Waals surface area contributed by atoms with Gasteiger partial charge in [0.05, 0.1) is 0 Å². The number of aliphatic hydroxyl groups is 1. The van der Waals surface area contributed by atoms with Crippen molar-refractivity contribution >= 4 is 28.2 Å². The molecule has 6 heteroatoms. The summed E-state index contributed by atoms with van der Waals surface area (Å²) in [5.41, 5.74) is 2.28. The number of rotatable bonds is 6. The van der Waals surface area contributed by atoms with Crippen molar-refractivity contribution in [1.82, 2.24) is 9.88 Å². The fraction of sp³-hybridized carbons (Fsp3) is 0.333. The van der Waals surface area contributed by atoms with Crippen LogP contribution >= 0.6 is 11.6 Å². The van der Waals surface area contributed by atoms with Crippen molar-refractivity contribution in [2.75, 3.05) is 44.2 Å². The first kappa shape index (κ1) is 18.2. The Hall–Kier alpha value is -2.21. The maximum Gasteiger partial charge on any atom is 0.120 e. The number of benzene rings is 2. The predicted molar refractivity (Wildman–Crippen MR) is 110 cm³/mol. The third-order valence-corrected chi connectivity index (χ3v) is 5.25. The first-order valence-corrected chi connectivity index (χ1v) is 9.66. The maximum atomic E-state index is 10.3. The number of H-pyrrole nitrogens is 1. The normalized spacial score (nSPS) is 16.6. The van der Waals surface area contributed by atoms with Gasteiger partial charge in [0.1, 0.15) is 18.5 Å². The minimum atomic E-state index is -0.506. The highest BCUT2D eigenvalue weighted by Crippen LogP contribution is 2.21. The monoisotopic (exact) mass is 385 g/mol. The van der Waals surface area contributed by atoms with E-state index >= 15 is 0 Å². The summed E-state index contributed by atoms with van der Waals surface area (Å²) in [7, 11) is 0. The molecule has 3 aromatic rings. The minimum absolute atomic E-state index is 0.299. The van der Waals surface area contributed by atoms with E-state index in [1.165, 1.54) is 5.69 Å². The van der Waals surface area contributed by atoms with Crippen LogP contribution < -0.4 is 9.64 Å². The van der Waals surface area contributed by atoms with Crippen molar-refractivity contribution in [1.29, 1.82) is 0 Å². The highest BCUT2D eigenvalue weighted by Gasteiger charge is 2.19. The van der Waals surface area contributed by atoms with Crippen LogP contribution in [0.3, 0.4) is 0 Å². The third kappa shape index (κ3) is 4.56. The standard InChI is InChI=1S/C21H24ClN3O2/c22-17-1-3-18(4-2-17)25-11-9-24(10-12-25)14-19(26)15-27-20-5-6-21-16(13-20)7-8-23-21/h1-8,13,19,23,26H,9-12,14-15H2. The predicted octanol–water partition coefficient (Wildman–Crippen LogP) is 3.38. The Morgan fingerprint density at radius 3 is 2.59 bits per heavy atom. The van der Waals surface area contributed by atoms with Gasteiger partial charge in [-0.2, -0.15) is 0 Å². The van der Waals surface area contributed by atoms with E-state index in [0.29, 0.717) is 13.2 Å². The fourth-order valence-electron chi connectivity index (χ4n) is 3.50. The van der Waals surface area contributed by atoms with E-state index in [-0.39, 0.29) is 0 Å². The van der Waals surface area contributed by atoms with Crippen molar-refractivity contribution in [3.05, 3.63) is 59.8 Å². The van der Waals surface area contributed by atoms with E-state index < -0.39 is 6.10 Å². The number of ether oxygens (including phenoxy) is 1. The molecule has 0 saturated carbocycles. The largest absolute Gasteiger partial charge is 0.491 e. The Morgan fingerprint density at radius 2 is 1.81 bits per heavy atom. The lowest BCUT2D eigenvalue weighted by Crippen LogP contribution is -2.49. The number of halogens is 1. The van der Waals surface area contributed by atoms with E-state index in [0.717, 1.165) is 47.9 Å². The number of piperazine rings is 1. The Morgan fingerprint density at radius 1 is 1.04 bits per heavy atom. The molecule has 142 valence electrons. The molecule has 1 saturated heterocycles. The van der Waals surface area contributed by atoms with Gasteiger partial charge in [-0.25, -0.2) is 0 Å². The highest BCUT2D eigenvalue weighted by atomic mass is 35.5. The zero-order valence-corrected chi connectivity index (χ0v) is 15.9. The van der Waals surface area contributed by atoms with E-state index in [1.807, 2.05) is 42.6 Å². The fourth-order valence-corrected chi connectivity index (χ4v) is 3.63. The van der Waals surface area contributed by atoms with Crippen LogP contribution in [0.1, 0.15) is 0 Å². The van der Waals surface area contributed by atoms with Gasteiger partial charge in [-0.05, 0) is 48.5 Å². The number of hydrogen-bond acceptors (Lipinski definition) is 4. The Labute approximate surface area is 164 Å². The first-order chi connectivity index (χ1) is 13.2. The van der Waals surface area contributed by atoms with Crippen LogP contribution in [0.25, 0.3) is 10.9 Å². The Bertz CT molecular complexity index is 873. The summed E-state index contributed by atoms with van der Waals surface area (Å²) >= 11 is 5.96. The molecule has 1 aromatic heterocycles.